The number of likely N-dealkylation sites (tertiary alicyclic amines) is 1. The molecular weight excluding hydrogens is 202 g/mol. The molecule has 0 aromatic carbocycles. The third-order valence-corrected chi connectivity index (χ3v) is 3.57. The highest BCUT2D eigenvalue weighted by molar-refractivity contribution is 5.69. The van der Waals surface area contributed by atoms with Gasteiger partial charge in [0.1, 0.15) is 5.60 Å². The lowest BCUT2D eigenvalue weighted by molar-refractivity contribution is 0.0283. The number of rotatable bonds is 0. The maximum atomic E-state index is 11.9. The van der Waals surface area contributed by atoms with Gasteiger partial charge in [0.2, 0.25) is 0 Å². The first-order valence-corrected chi connectivity index (χ1v) is 5.82. The fourth-order valence-electron chi connectivity index (χ4n) is 2.54. The van der Waals surface area contributed by atoms with Crippen molar-refractivity contribution in [2.24, 2.45) is 11.3 Å². The van der Waals surface area contributed by atoms with Crippen molar-refractivity contribution in [2.75, 3.05) is 13.1 Å². The van der Waals surface area contributed by atoms with Crippen molar-refractivity contribution in [2.45, 2.75) is 39.2 Å². The Kier molecular flexibility index (Phi) is 2.41. The molecule has 0 N–H and O–H groups in total. The Morgan fingerprint density at radius 2 is 2.25 bits per heavy atom. The van der Waals surface area contributed by atoms with Gasteiger partial charge in [-0.2, -0.15) is 0 Å². The summed E-state index contributed by atoms with van der Waals surface area (Å²) in [4.78, 5) is 13.6. The third-order valence-electron chi connectivity index (χ3n) is 3.57. The molecule has 0 aromatic rings. The Morgan fingerprint density at radius 3 is 2.62 bits per heavy atom. The zero-order chi connectivity index (χ0) is 12.0. The van der Waals surface area contributed by atoms with Crippen LogP contribution >= 0.6 is 0 Å². The van der Waals surface area contributed by atoms with Gasteiger partial charge in [-0.3, -0.25) is 0 Å². The number of amides is 1. The molecule has 0 aromatic heterocycles. The van der Waals surface area contributed by atoms with Crippen molar-refractivity contribution in [3.63, 3.8) is 0 Å². The summed E-state index contributed by atoms with van der Waals surface area (Å²) in [5, 5.41) is 0. The predicted octanol–water partition coefficient (Wildman–Crippen LogP) is 2.27. The van der Waals surface area contributed by atoms with Crippen LogP contribution in [0.4, 0.5) is 4.79 Å². The number of nitrogens with zero attached hydrogens (tertiary/aromatic N) is 1. The maximum absolute atomic E-state index is 11.9. The number of hydrogen-bond donors (Lipinski definition) is 0. The fourth-order valence-corrected chi connectivity index (χ4v) is 2.54. The minimum atomic E-state index is -0.429. The molecule has 1 aliphatic carbocycles. The van der Waals surface area contributed by atoms with Gasteiger partial charge in [0.05, 0.1) is 5.41 Å². The largest absolute Gasteiger partial charge is 0.444 e. The van der Waals surface area contributed by atoms with E-state index in [-0.39, 0.29) is 11.5 Å². The normalized spacial score (nSPS) is 32.6. The molecule has 0 bridgehead atoms. The van der Waals surface area contributed by atoms with Gasteiger partial charge in [0.15, 0.2) is 0 Å². The molecule has 1 aliphatic heterocycles. The van der Waals surface area contributed by atoms with Crippen LogP contribution in [0.5, 0.6) is 0 Å². The van der Waals surface area contributed by atoms with Crippen LogP contribution in [0.3, 0.4) is 0 Å². The van der Waals surface area contributed by atoms with Gasteiger partial charge in [-0.05, 0) is 39.5 Å². The van der Waals surface area contributed by atoms with Crippen LogP contribution < -0.4 is 0 Å². The van der Waals surface area contributed by atoms with E-state index < -0.39 is 5.60 Å². The SMILES string of the molecule is C#C[C@@]12CC[C@@H]1CN(C(=O)OC(C)(C)C)C2. The molecule has 2 atom stereocenters. The molecule has 3 heteroatoms. The summed E-state index contributed by atoms with van der Waals surface area (Å²) < 4.78 is 5.35. The highest BCUT2D eigenvalue weighted by Gasteiger charge is 2.53. The van der Waals surface area contributed by atoms with E-state index in [2.05, 4.69) is 5.92 Å². The molecule has 2 aliphatic rings. The minimum absolute atomic E-state index is 0.0447. The van der Waals surface area contributed by atoms with Gasteiger partial charge >= 0.3 is 6.09 Å². The highest BCUT2D eigenvalue weighted by atomic mass is 16.6. The molecular formula is C13H19NO2. The number of fused-ring (bicyclic) bond motifs is 1. The lowest BCUT2D eigenvalue weighted by atomic mass is 9.63. The third kappa shape index (κ3) is 1.77. The summed E-state index contributed by atoms with van der Waals surface area (Å²) in [5.74, 6) is 3.37. The molecule has 88 valence electrons. The first-order valence-electron chi connectivity index (χ1n) is 5.82. The van der Waals surface area contributed by atoms with E-state index in [1.165, 1.54) is 0 Å². The second kappa shape index (κ2) is 3.41. The summed E-state index contributed by atoms with van der Waals surface area (Å²) >= 11 is 0. The van der Waals surface area contributed by atoms with Gasteiger partial charge < -0.3 is 9.64 Å². The summed E-state index contributed by atoms with van der Waals surface area (Å²) in [5.41, 5.74) is -0.473. The maximum Gasteiger partial charge on any atom is 0.410 e. The second-order valence-corrected chi connectivity index (χ2v) is 5.90. The first-order chi connectivity index (χ1) is 7.36. The van der Waals surface area contributed by atoms with E-state index in [4.69, 9.17) is 11.2 Å². The molecule has 0 spiro atoms. The van der Waals surface area contributed by atoms with Crippen LogP contribution in [0.15, 0.2) is 0 Å². The van der Waals surface area contributed by atoms with E-state index in [1.807, 2.05) is 20.8 Å². The number of ether oxygens (including phenoxy) is 1. The standard InChI is InChI=1S/C13H19NO2/c1-5-13-7-6-10(13)8-14(9-13)11(15)16-12(2,3)4/h1,10H,6-9H2,2-4H3/t10-,13+/m1/s1. The molecule has 1 amide bonds. The molecule has 0 radical (unpaired) electrons. The molecule has 3 nitrogen and oxygen atoms in total. The van der Waals surface area contributed by atoms with Crippen molar-refractivity contribution in [3.8, 4) is 12.3 Å². The molecule has 1 saturated carbocycles. The number of terminal acetylenes is 1. The smallest absolute Gasteiger partial charge is 0.410 e. The Labute approximate surface area is 97.1 Å². The van der Waals surface area contributed by atoms with Gasteiger partial charge in [-0.25, -0.2) is 4.79 Å². The zero-order valence-corrected chi connectivity index (χ0v) is 10.2. The lowest BCUT2D eigenvalue weighted by Crippen LogP contribution is -2.38. The quantitative estimate of drug-likeness (QED) is 0.587. The second-order valence-electron chi connectivity index (χ2n) is 5.90. The summed E-state index contributed by atoms with van der Waals surface area (Å²) in [7, 11) is 0. The van der Waals surface area contributed by atoms with Crippen LogP contribution in [0.2, 0.25) is 0 Å². The predicted molar refractivity (Wildman–Crippen MR) is 61.8 cm³/mol. The van der Waals surface area contributed by atoms with E-state index in [0.29, 0.717) is 12.5 Å². The van der Waals surface area contributed by atoms with Gasteiger partial charge in [-0.15, -0.1) is 6.42 Å². The first kappa shape index (κ1) is 11.3. The lowest BCUT2D eigenvalue weighted by Gasteiger charge is -2.38. The fraction of sp³-hybridized carbons (Fsp3) is 0.769. The topological polar surface area (TPSA) is 29.5 Å². The van der Waals surface area contributed by atoms with Gasteiger partial charge in [-0.1, -0.05) is 5.92 Å². The van der Waals surface area contributed by atoms with Crippen molar-refractivity contribution in [1.29, 1.82) is 0 Å². The van der Waals surface area contributed by atoms with Crippen LogP contribution in [0.25, 0.3) is 0 Å². The van der Waals surface area contributed by atoms with E-state index in [0.717, 1.165) is 19.4 Å². The van der Waals surface area contributed by atoms with Crippen molar-refractivity contribution in [3.05, 3.63) is 0 Å². The number of carbonyl (C=O) groups excluding carboxylic acids is 1. The van der Waals surface area contributed by atoms with E-state index >= 15 is 0 Å². The number of hydrogen-bond acceptors (Lipinski definition) is 2. The van der Waals surface area contributed by atoms with E-state index in [1.54, 1.807) is 4.90 Å². The molecule has 0 unspecified atom stereocenters. The van der Waals surface area contributed by atoms with E-state index in [9.17, 15) is 4.79 Å². The highest BCUT2D eigenvalue weighted by Crippen LogP contribution is 2.51. The van der Waals surface area contributed by atoms with Crippen molar-refractivity contribution < 1.29 is 9.53 Å². The average molecular weight is 221 g/mol. The molecule has 2 rings (SSSR count). The summed E-state index contributed by atoms with van der Waals surface area (Å²) in [6.45, 7) is 7.08. The van der Waals surface area contributed by atoms with Crippen molar-refractivity contribution >= 4 is 6.09 Å². The minimum Gasteiger partial charge on any atom is -0.444 e. The zero-order valence-electron chi connectivity index (χ0n) is 10.2. The molecule has 16 heavy (non-hydrogen) atoms. The summed E-state index contributed by atoms with van der Waals surface area (Å²) in [6, 6.07) is 0. The van der Waals surface area contributed by atoms with Crippen LogP contribution in [-0.4, -0.2) is 29.7 Å². The summed E-state index contributed by atoms with van der Waals surface area (Å²) in [6.07, 6.45) is 7.54. The Bertz CT molecular complexity index is 350. The van der Waals surface area contributed by atoms with Crippen LogP contribution in [-0.2, 0) is 4.74 Å². The van der Waals surface area contributed by atoms with Crippen LogP contribution in [0.1, 0.15) is 33.6 Å². The Morgan fingerprint density at radius 1 is 1.56 bits per heavy atom. The monoisotopic (exact) mass is 221 g/mol. The van der Waals surface area contributed by atoms with Gasteiger partial charge in [0, 0.05) is 13.1 Å². The molecule has 1 heterocycles. The Hall–Kier alpha value is -1.17. The molecule has 2 fully saturated rings. The Balaban J connectivity index is 1.99. The van der Waals surface area contributed by atoms with Crippen molar-refractivity contribution in [1.82, 2.24) is 4.90 Å². The molecule has 1 saturated heterocycles. The van der Waals surface area contributed by atoms with Crippen LogP contribution in [0, 0.1) is 23.7 Å². The average Bonchev–Trinajstić information content (AvgIpc) is 2.37. The van der Waals surface area contributed by atoms with Gasteiger partial charge in [0.25, 0.3) is 0 Å². The number of carbonyl (C=O) groups is 1.